The van der Waals surface area contributed by atoms with E-state index in [9.17, 15) is 14.4 Å². The summed E-state index contributed by atoms with van der Waals surface area (Å²) in [7, 11) is 0. The van der Waals surface area contributed by atoms with Gasteiger partial charge >= 0.3 is 5.97 Å². The normalized spacial score (nSPS) is 10.0. The number of carbonyl (C=O) groups is 3. The van der Waals surface area contributed by atoms with Crippen molar-refractivity contribution in [2.45, 2.75) is 13.3 Å². The molecule has 6 nitrogen and oxygen atoms in total. The highest BCUT2D eigenvalue weighted by atomic mass is 79.9. The standard InChI is InChI=1S/C14H17BrN2O4/c1-2-7-17(9-13(19)20)12(18)8-16-14(21)10-5-3-4-6-11(10)15/h3-6H,2,7-9H2,1H3,(H,16,21)(H,19,20). The highest BCUT2D eigenvalue weighted by molar-refractivity contribution is 9.10. The monoisotopic (exact) mass is 356 g/mol. The number of carbonyl (C=O) groups excluding carboxylic acids is 2. The quantitative estimate of drug-likeness (QED) is 0.774. The van der Waals surface area contributed by atoms with E-state index < -0.39 is 11.9 Å². The zero-order valence-electron chi connectivity index (χ0n) is 11.6. The van der Waals surface area contributed by atoms with Gasteiger partial charge in [0.2, 0.25) is 5.91 Å². The van der Waals surface area contributed by atoms with Crippen molar-refractivity contribution in [1.82, 2.24) is 10.2 Å². The van der Waals surface area contributed by atoms with Crippen molar-refractivity contribution in [3.05, 3.63) is 34.3 Å². The maximum atomic E-state index is 11.9. The molecule has 7 heteroatoms. The average Bonchev–Trinajstić information content (AvgIpc) is 2.44. The van der Waals surface area contributed by atoms with Crippen molar-refractivity contribution >= 4 is 33.7 Å². The third-order valence-corrected chi connectivity index (χ3v) is 3.38. The summed E-state index contributed by atoms with van der Waals surface area (Å²) in [6.45, 7) is 1.60. The van der Waals surface area contributed by atoms with E-state index >= 15 is 0 Å². The van der Waals surface area contributed by atoms with Crippen molar-refractivity contribution in [3.8, 4) is 0 Å². The molecule has 0 aliphatic rings. The molecule has 0 saturated heterocycles. The Morgan fingerprint density at radius 3 is 2.52 bits per heavy atom. The van der Waals surface area contributed by atoms with E-state index in [0.717, 1.165) is 0 Å². The molecule has 0 spiro atoms. The predicted octanol–water partition coefficient (Wildman–Crippen LogP) is 1.50. The molecule has 0 unspecified atom stereocenters. The van der Waals surface area contributed by atoms with Gasteiger partial charge in [-0.3, -0.25) is 14.4 Å². The fourth-order valence-corrected chi connectivity index (χ4v) is 2.20. The number of carboxylic acids is 1. The molecule has 2 N–H and O–H groups in total. The Balaban J connectivity index is 2.60. The molecule has 0 radical (unpaired) electrons. The number of benzene rings is 1. The number of amides is 2. The van der Waals surface area contributed by atoms with Gasteiger partial charge in [0.1, 0.15) is 6.54 Å². The lowest BCUT2D eigenvalue weighted by atomic mass is 10.2. The van der Waals surface area contributed by atoms with Crippen LogP contribution in [-0.4, -0.2) is 47.4 Å². The Bertz CT molecular complexity index is 533. The van der Waals surface area contributed by atoms with Crippen LogP contribution in [0.3, 0.4) is 0 Å². The largest absolute Gasteiger partial charge is 0.480 e. The second-order valence-electron chi connectivity index (χ2n) is 4.37. The zero-order valence-corrected chi connectivity index (χ0v) is 13.2. The Morgan fingerprint density at radius 2 is 1.95 bits per heavy atom. The fourth-order valence-electron chi connectivity index (χ4n) is 1.73. The van der Waals surface area contributed by atoms with Crippen LogP contribution in [0.25, 0.3) is 0 Å². The number of hydrogen-bond donors (Lipinski definition) is 2. The summed E-state index contributed by atoms with van der Waals surface area (Å²) in [5.74, 6) is -1.88. The summed E-state index contributed by atoms with van der Waals surface area (Å²) in [5, 5.41) is 11.3. The SMILES string of the molecule is CCCN(CC(=O)O)C(=O)CNC(=O)c1ccccc1Br. The molecule has 0 heterocycles. The fraction of sp³-hybridized carbons (Fsp3) is 0.357. The molecular formula is C14H17BrN2O4. The van der Waals surface area contributed by atoms with Crippen LogP contribution < -0.4 is 5.32 Å². The van der Waals surface area contributed by atoms with Gasteiger partial charge in [0.15, 0.2) is 0 Å². The van der Waals surface area contributed by atoms with Crippen LogP contribution in [0, 0.1) is 0 Å². The average molecular weight is 357 g/mol. The van der Waals surface area contributed by atoms with E-state index in [4.69, 9.17) is 5.11 Å². The summed E-state index contributed by atoms with van der Waals surface area (Å²) in [6.07, 6.45) is 0.650. The topological polar surface area (TPSA) is 86.7 Å². The first-order valence-electron chi connectivity index (χ1n) is 6.48. The molecule has 114 valence electrons. The van der Waals surface area contributed by atoms with E-state index in [1.165, 1.54) is 4.90 Å². The van der Waals surface area contributed by atoms with Crippen molar-refractivity contribution < 1.29 is 19.5 Å². The minimum Gasteiger partial charge on any atom is -0.480 e. The van der Waals surface area contributed by atoms with Gasteiger partial charge in [-0.05, 0) is 34.5 Å². The first-order chi connectivity index (χ1) is 9.95. The van der Waals surface area contributed by atoms with Crippen molar-refractivity contribution in [2.24, 2.45) is 0 Å². The van der Waals surface area contributed by atoms with E-state index in [2.05, 4.69) is 21.2 Å². The molecule has 1 aromatic rings. The molecule has 21 heavy (non-hydrogen) atoms. The second kappa shape index (κ2) is 8.41. The van der Waals surface area contributed by atoms with Gasteiger partial charge in [-0.25, -0.2) is 0 Å². The molecule has 1 aromatic carbocycles. The Labute approximate surface area is 131 Å². The number of halogens is 1. The molecule has 1 rings (SSSR count). The van der Waals surface area contributed by atoms with E-state index in [-0.39, 0.29) is 19.0 Å². The first kappa shape index (κ1) is 17.2. The van der Waals surface area contributed by atoms with Gasteiger partial charge in [0.05, 0.1) is 12.1 Å². The van der Waals surface area contributed by atoms with E-state index in [0.29, 0.717) is 23.0 Å². The molecule has 0 aromatic heterocycles. The van der Waals surface area contributed by atoms with Crippen LogP contribution in [0.5, 0.6) is 0 Å². The van der Waals surface area contributed by atoms with Crippen LogP contribution in [0.1, 0.15) is 23.7 Å². The number of nitrogens with one attached hydrogen (secondary N) is 1. The highest BCUT2D eigenvalue weighted by Gasteiger charge is 2.17. The number of carboxylic acid groups (broad SMARTS) is 1. The zero-order chi connectivity index (χ0) is 15.8. The van der Waals surface area contributed by atoms with Gasteiger partial charge < -0.3 is 15.3 Å². The second-order valence-corrected chi connectivity index (χ2v) is 5.23. The molecule has 0 fully saturated rings. The van der Waals surface area contributed by atoms with E-state index in [1.807, 2.05) is 6.92 Å². The van der Waals surface area contributed by atoms with Crippen LogP contribution in [0.2, 0.25) is 0 Å². The molecular weight excluding hydrogens is 340 g/mol. The summed E-state index contributed by atoms with van der Waals surface area (Å²) in [6, 6.07) is 6.85. The number of aliphatic carboxylic acids is 1. The van der Waals surface area contributed by atoms with Crippen molar-refractivity contribution in [3.63, 3.8) is 0 Å². The number of hydrogen-bond acceptors (Lipinski definition) is 3. The summed E-state index contributed by atoms with van der Waals surface area (Å²) >= 11 is 3.26. The smallest absolute Gasteiger partial charge is 0.323 e. The van der Waals surface area contributed by atoms with Gasteiger partial charge in [-0.2, -0.15) is 0 Å². The van der Waals surface area contributed by atoms with Gasteiger partial charge in [0, 0.05) is 11.0 Å². The van der Waals surface area contributed by atoms with Crippen LogP contribution >= 0.6 is 15.9 Å². The predicted molar refractivity (Wildman–Crippen MR) is 81.0 cm³/mol. The van der Waals surface area contributed by atoms with Gasteiger partial charge in [-0.1, -0.05) is 19.1 Å². The van der Waals surface area contributed by atoms with Gasteiger partial charge in [-0.15, -0.1) is 0 Å². The van der Waals surface area contributed by atoms with Gasteiger partial charge in [0.25, 0.3) is 5.91 Å². The minimum atomic E-state index is -1.08. The Hall–Kier alpha value is -1.89. The third-order valence-electron chi connectivity index (χ3n) is 2.69. The highest BCUT2D eigenvalue weighted by Crippen LogP contribution is 2.15. The lowest BCUT2D eigenvalue weighted by Gasteiger charge is -2.20. The molecule has 2 amide bonds. The first-order valence-corrected chi connectivity index (χ1v) is 7.27. The van der Waals surface area contributed by atoms with Crippen LogP contribution in [-0.2, 0) is 9.59 Å². The lowest BCUT2D eigenvalue weighted by Crippen LogP contribution is -2.43. The maximum Gasteiger partial charge on any atom is 0.323 e. The number of rotatable bonds is 7. The summed E-state index contributed by atoms with van der Waals surface area (Å²) in [4.78, 5) is 35.8. The molecule has 0 aliphatic heterocycles. The summed E-state index contributed by atoms with van der Waals surface area (Å²) in [5.41, 5.74) is 0.422. The molecule has 0 atom stereocenters. The number of nitrogens with zero attached hydrogens (tertiary/aromatic N) is 1. The minimum absolute atomic E-state index is 0.229. The molecule has 0 aliphatic carbocycles. The summed E-state index contributed by atoms with van der Waals surface area (Å²) < 4.78 is 0.630. The van der Waals surface area contributed by atoms with Crippen LogP contribution in [0.15, 0.2) is 28.7 Å². The Morgan fingerprint density at radius 1 is 1.29 bits per heavy atom. The maximum absolute atomic E-state index is 11.9. The third kappa shape index (κ3) is 5.55. The van der Waals surface area contributed by atoms with E-state index in [1.54, 1.807) is 24.3 Å². The van der Waals surface area contributed by atoms with Crippen molar-refractivity contribution in [1.29, 1.82) is 0 Å². The van der Waals surface area contributed by atoms with Crippen molar-refractivity contribution in [2.75, 3.05) is 19.6 Å². The molecule has 0 saturated carbocycles. The Kier molecular flexibility index (Phi) is 6.87. The van der Waals surface area contributed by atoms with Crippen LogP contribution in [0.4, 0.5) is 0 Å². The lowest BCUT2D eigenvalue weighted by molar-refractivity contribution is -0.144. The molecule has 0 bridgehead atoms.